The van der Waals surface area contributed by atoms with Crippen molar-refractivity contribution in [1.29, 1.82) is 0 Å². The predicted molar refractivity (Wildman–Crippen MR) is 77.8 cm³/mol. The molecule has 2 aromatic carbocycles. The molecule has 3 aromatic rings. The number of benzene rings is 2. The highest BCUT2D eigenvalue weighted by Gasteiger charge is 2.09. The highest BCUT2D eigenvalue weighted by Crippen LogP contribution is 2.19. The van der Waals surface area contributed by atoms with Crippen molar-refractivity contribution in [1.82, 2.24) is 9.55 Å². The van der Waals surface area contributed by atoms with E-state index in [-0.39, 0.29) is 5.82 Å². The van der Waals surface area contributed by atoms with Crippen LogP contribution in [0.3, 0.4) is 0 Å². The summed E-state index contributed by atoms with van der Waals surface area (Å²) in [5.41, 5.74) is 9.63. The summed E-state index contributed by atoms with van der Waals surface area (Å²) in [6, 6.07) is 12.7. The van der Waals surface area contributed by atoms with Crippen LogP contribution in [0.25, 0.3) is 11.0 Å². The second-order valence-corrected chi connectivity index (χ2v) is 4.92. The lowest BCUT2D eigenvalue weighted by molar-refractivity contribution is 0.625. The van der Waals surface area contributed by atoms with Crippen LogP contribution in [0.5, 0.6) is 0 Å². The number of aromatic nitrogens is 2. The van der Waals surface area contributed by atoms with Gasteiger partial charge in [0.2, 0.25) is 0 Å². The Morgan fingerprint density at radius 1 is 1.15 bits per heavy atom. The maximum absolute atomic E-state index is 13.2. The molecule has 0 saturated carbocycles. The average molecular weight is 269 g/mol. The summed E-state index contributed by atoms with van der Waals surface area (Å²) in [5.74, 6) is 0.700. The maximum atomic E-state index is 13.2. The molecule has 0 aliphatic rings. The van der Waals surface area contributed by atoms with E-state index in [1.54, 1.807) is 12.1 Å². The van der Waals surface area contributed by atoms with Crippen molar-refractivity contribution in [2.45, 2.75) is 13.0 Å². The Hall–Kier alpha value is -2.20. The van der Waals surface area contributed by atoms with E-state index in [0.717, 1.165) is 28.0 Å². The molecule has 2 N–H and O–H groups in total. The van der Waals surface area contributed by atoms with Crippen LogP contribution in [0, 0.1) is 5.82 Å². The van der Waals surface area contributed by atoms with Crippen molar-refractivity contribution in [2.24, 2.45) is 12.8 Å². The van der Waals surface area contributed by atoms with Gasteiger partial charge in [0, 0.05) is 20.0 Å². The van der Waals surface area contributed by atoms with Gasteiger partial charge in [-0.2, -0.15) is 0 Å². The van der Waals surface area contributed by atoms with Gasteiger partial charge in [0.25, 0.3) is 0 Å². The molecule has 0 saturated heterocycles. The van der Waals surface area contributed by atoms with Gasteiger partial charge in [0.1, 0.15) is 11.6 Å². The van der Waals surface area contributed by atoms with Gasteiger partial charge in [-0.15, -0.1) is 0 Å². The molecule has 1 heterocycles. The first-order valence-corrected chi connectivity index (χ1v) is 6.56. The van der Waals surface area contributed by atoms with Gasteiger partial charge in [-0.05, 0) is 35.4 Å². The predicted octanol–water partition coefficient (Wildman–Crippen LogP) is 2.76. The third-order valence-electron chi connectivity index (χ3n) is 3.52. The Labute approximate surface area is 116 Å². The summed E-state index contributed by atoms with van der Waals surface area (Å²) < 4.78 is 15.3. The molecule has 102 valence electrons. The number of aryl methyl sites for hydroxylation is 1. The van der Waals surface area contributed by atoms with Crippen LogP contribution in [-0.4, -0.2) is 9.55 Å². The zero-order valence-electron chi connectivity index (χ0n) is 11.3. The van der Waals surface area contributed by atoms with Crippen LogP contribution in [0.2, 0.25) is 0 Å². The first-order valence-electron chi connectivity index (χ1n) is 6.56. The van der Waals surface area contributed by atoms with Crippen molar-refractivity contribution in [3.63, 3.8) is 0 Å². The third kappa shape index (κ3) is 2.30. The molecule has 0 unspecified atom stereocenters. The van der Waals surface area contributed by atoms with Gasteiger partial charge < -0.3 is 10.3 Å². The molecule has 0 aliphatic heterocycles. The number of imidazole rings is 1. The summed E-state index contributed by atoms with van der Waals surface area (Å²) in [5, 5.41) is 0. The van der Waals surface area contributed by atoms with Gasteiger partial charge in [0.05, 0.1) is 11.0 Å². The fourth-order valence-corrected chi connectivity index (χ4v) is 2.41. The molecule has 0 amide bonds. The van der Waals surface area contributed by atoms with Crippen LogP contribution in [-0.2, 0) is 20.0 Å². The Balaban J connectivity index is 2.01. The summed E-state index contributed by atoms with van der Waals surface area (Å²) in [4.78, 5) is 4.63. The summed E-state index contributed by atoms with van der Waals surface area (Å²) in [6.45, 7) is 0.506. The summed E-state index contributed by atoms with van der Waals surface area (Å²) in [7, 11) is 1.98. The zero-order chi connectivity index (χ0) is 14.1. The Kier molecular flexibility index (Phi) is 3.24. The largest absolute Gasteiger partial charge is 0.331 e. The lowest BCUT2D eigenvalue weighted by atomic mass is 10.1. The highest BCUT2D eigenvalue weighted by molar-refractivity contribution is 5.76. The topological polar surface area (TPSA) is 43.8 Å². The minimum Gasteiger partial charge on any atom is -0.331 e. The minimum absolute atomic E-state index is 0.216. The van der Waals surface area contributed by atoms with Gasteiger partial charge >= 0.3 is 0 Å². The number of fused-ring (bicyclic) bond motifs is 1. The van der Waals surface area contributed by atoms with Gasteiger partial charge in [-0.1, -0.05) is 18.2 Å². The smallest absolute Gasteiger partial charge is 0.123 e. The molecule has 20 heavy (non-hydrogen) atoms. The van der Waals surface area contributed by atoms with Crippen LogP contribution >= 0.6 is 0 Å². The fraction of sp³-hybridized carbons (Fsp3) is 0.188. The van der Waals surface area contributed by atoms with Crippen molar-refractivity contribution in [3.05, 3.63) is 65.2 Å². The summed E-state index contributed by atoms with van der Waals surface area (Å²) >= 11 is 0. The van der Waals surface area contributed by atoms with E-state index in [9.17, 15) is 4.39 Å². The zero-order valence-corrected chi connectivity index (χ0v) is 11.3. The first-order chi connectivity index (χ1) is 9.67. The number of hydrogen-bond donors (Lipinski definition) is 1. The molecule has 0 spiro atoms. The number of halogens is 1. The first kappa shape index (κ1) is 12.8. The summed E-state index contributed by atoms with van der Waals surface area (Å²) in [6.07, 6.45) is 0.612. The number of hydrogen-bond acceptors (Lipinski definition) is 2. The van der Waals surface area contributed by atoms with E-state index in [1.165, 1.54) is 6.07 Å². The molecule has 0 fully saturated rings. The lowest BCUT2D eigenvalue weighted by Gasteiger charge is -2.03. The molecule has 0 aliphatic carbocycles. The molecule has 1 aromatic heterocycles. The van der Waals surface area contributed by atoms with Crippen molar-refractivity contribution >= 4 is 11.0 Å². The molecule has 0 bridgehead atoms. The van der Waals surface area contributed by atoms with Crippen LogP contribution in [0.4, 0.5) is 4.39 Å². The van der Waals surface area contributed by atoms with Crippen molar-refractivity contribution < 1.29 is 4.39 Å². The van der Waals surface area contributed by atoms with E-state index >= 15 is 0 Å². The number of nitrogens with zero attached hydrogens (tertiary/aromatic N) is 2. The highest BCUT2D eigenvalue weighted by atomic mass is 19.1. The molecular formula is C16H16FN3. The molecule has 0 radical (unpaired) electrons. The number of rotatable bonds is 3. The second-order valence-electron chi connectivity index (χ2n) is 4.92. The monoisotopic (exact) mass is 269 g/mol. The maximum Gasteiger partial charge on any atom is 0.123 e. The Morgan fingerprint density at radius 2 is 2.00 bits per heavy atom. The second kappa shape index (κ2) is 5.06. The van der Waals surface area contributed by atoms with E-state index in [1.807, 2.05) is 35.9 Å². The normalized spacial score (nSPS) is 11.2. The molecule has 0 atom stereocenters. The third-order valence-corrected chi connectivity index (χ3v) is 3.52. The molecular weight excluding hydrogens is 253 g/mol. The van der Waals surface area contributed by atoms with Crippen LogP contribution in [0.1, 0.15) is 17.0 Å². The van der Waals surface area contributed by atoms with Gasteiger partial charge in [-0.3, -0.25) is 0 Å². The number of nitrogens with two attached hydrogens (primary N) is 1. The van der Waals surface area contributed by atoms with E-state index in [2.05, 4.69) is 4.98 Å². The average Bonchev–Trinajstić information content (AvgIpc) is 2.75. The molecule has 3 rings (SSSR count). The Morgan fingerprint density at radius 3 is 2.75 bits per heavy atom. The SMILES string of the molecule is Cn1c(Cc2cccc(F)c2)nc2cc(CN)ccc21. The van der Waals surface area contributed by atoms with Crippen LogP contribution in [0.15, 0.2) is 42.5 Å². The van der Waals surface area contributed by atoms with E-state index in [4.69, 9.17) is 5.73 Å². The standard InChI is InChI=1S/C16H16FN3/c1-20-15-6-5-12(10-18)8-14(15)19-16(20)9-11-3-2-4-13(17)7-11/h2-8H,9-10,18H2,1H3. The lowest BCUT2D eigenvalue weighted by Crippen LogP contribution is -1.99. The fourth-order valence-electron chi connectivity index (χ4n) is 2.41. The molecule has 4 heteroatoms. The van der Waals surface area contributed by atoms with E-state index in [0.29, 0.717) is 13.0 Å². The molecule has 3 nitrogen and oxygen atoms in total. The van der Waals surface area contributed by atoms with Crippen LogP contribution < -0.4 is 5.73 Å². The van der Waals surface area contributed by atoms with E-state index < -0.39 is 0 Å². The van der Waals surface area contributed by atoms with Crippen molar-refractivity contribution in [3.8, 4) is 0 Å². The van der Waals surface area contributed by atoms with Gasteiger partial charge in [0.15, 0.2) is 0 Å². The minimum atomic E-state index is -0.216. The Bertz CT molecular complexity index is 762. The van der Waals surface area contributed by atoms with Gasteiger partial charge in [-0.25, -0.2) is 9.37 Å². The quantitative estimate of drug-likeness (QED) is 0.794. The van der Waals surface area contributed by atoms with Crippen molar-refractivity contribution in [2.75, 3.05) is 0 Å².